The van der Waals surface area contributed by atoms with Crippen LogP contribution in [0, 0.1) is 11.8 Å². The Bertz CT molecular complexity index is 1050. The maximum absolute atomic E-state index is 13.4. The highest BCUT2D eigenvalue weighted by Gasteiger charge is 2.38. The summed E-state index contributed by atoms with van der Waals surface area (Å²) in [5.41, 5.74) is -0.558. The quantitative estimate of drug-likeness (QED) is 0.253. The lowest BCUT2D eigenvalue weighted by molar-refractivity contribution is -0.149. The van der Waals surface area contributed by atoms with E-state index in [9.17, 15) is 18.9 Å². The van der Waals surface area contributed by atoms with Crippen molar-refractivity contribution in [3.8, 4) is 0 Å². The van der Waals surface area contributed by atoms with E-state index in [2.05, 4.69) is 15.4 Å². The lowest BCUT2D eigenvalue weighted by Crippen LogP contribution is -2.36. The van der Waals surface area contributed by atoms with E-state index in [0.29, 0.717) is 6.42 Å². The molecule has 1 aliphatic heterocycles. The van der Waals surface area contributed by atoms with Crippen LogP contribution < -0.4 is 16.1 Å². The van der Waals surface area contributed by atoms with Gasteiger partial charge in [-0.3, -0.25) is 23.2 Å². The van der Waals surface area contributed by atoms with E-state index >= 15 is 0 Å². The fourth-order valence-electron chi connectivity index (χ4n) is 4.04. The number of rotatable bonds is 14. The molecule has 0 bridgehead atoms. The number of hydrogen-bond donors (Lipinski definition) is 2. The zero-order valence-electron chi connectivity index (χ0n) is 23.6. The number of carbonyl (C=O) groups is 2. The van der Waals surface area contributed by atoms with Gasteiger partial charge in [-0.15, -0.1) is 0 Å². The molecule has 13 heteroatoms. The summed E-state index contributed by atoms with van der Waals surface area (Å²) < 4.78 is 37.1. The van der Waals surface area contributed by atoms with Gasteiger partial charge in [0.2, 0.25) is 5.91 Å². The van der Waals surface area contributed by atoms with Crippen molar-refractivity contribution in [2.45, 2.75) is 105 Å². The van der Waals surface area contributed by atoms with E-state index in [1.807, 2.05) is 20.8 Å². The Morgan fingerprint density at radius 2 is 1.89 bits per heavy atom. The fourth-order valence-corrected chi connectivity index (χ4v) is 5.73. The number of aromatic nitrogens is 2. The van der Waals surface area contributed by atoms with Gasteiger partial charge < -0.3 is 14.8 Å². The molecular formula is C25H43N4O8P. The number of anilines is 1. The predicted octanol–water partition coefficient (Wildman–Crippen LogP) is 4.02. The molecule has 38 heavy (non-hydrogen) atoms. The molecule has 2 N–H and O–H groups in total. The standard InChI is InChI=1S/C25H43N4O8P/c1-9-10-17(6)22(30)26-21-11-12-29(25(32)27-21)23-18(7)13-20(36-23)14-34-38(33,37-16(4)5)28-19(8)24(31)35-15(2)3/h11-12,15-20,23H,9-10,13-14H2,1-8H3,(H,28,33)(H,26,27,30,32). The minimum absolute atomic E-state index is 0.0774. The molecule has 12 nitrogen and oxygen atoms in total. The number of hydrogen-bond acceptors (Lipinski definition) is 9. The van der Waals surface area contributed by atoms with Crippen LogP contribution in [0.2, 0.25) is 0 Å². The molecule has 2 heterocycles. The van der Waals surface area contributed by atoms with E-state index in [1.165, 1.54) is 17.7 Å². The van der Waals surface area contributed by atoms with Gasteiger partial charge in [0.1, 0.15) is 18.1 Å². The maximum atomic E-state index is 13.4. The molecule has 216 valence electrons. The van der Waals surface area contributed by atoms with Crippen molar-refractivity contribution < 1.29 is 32.7 Å². The van der Waals surface area contributed by atoms with E-state index < -0.39 is 43.9 Å². The second-order valence-electron chi connectivity index (χ2n) is 10.3. The minimum Gasteiger partial charge on any atom is -0.462 e. The van der Waals surface area contributed by atoms with E-state index in [0.717, 1.165) is 12.8 Å². The largest absolute Gasteiger partial charge is 0.462 e. The molecule has 0 aromatic carbocycles. The maximum Gasteiger partial charge on any atom is 0.406 e. The molecule has 1 amide bonds. The topological polar surface area (TPSA) is 147 Å². The zero-order chi connectivity index (χ0) is 28.6. The van der Waals surface area contributed by atoms with Crippen molar-refractivity contribution >= 4 is 25.4 Å². The molecule has 1 fully saturated rings. The highest BCUT2D eigenvalue weighted by molar-refractivity contribution is 7.51. The Morgan fingerprint density at radius 1 is 1.21 bits per heavy atom. The van der Waals surface area contributed by atoms with Crippen LogP contribution in [0.15, 0.2) is 17.1 Å². The first kappa shape index (κ1) is 32.1. The molecule has 0 saturated carbocycles. The summed E-state index contributed by atoms with van der Waals surface area (Å²) in [5, 5.41) is 5.32. The highest BCUT2D eigenvalue weighted by atomic mass is 31.2. The van der Waals surface area contributed by atoms with Crippen LogP contribution in [0.25, 0.3) is 0 Å². The number of nitrogens with zero attached hydrogens (tertiary/aromatic N) is 2. The second-order valence-corrected chi connectivity index (χ2v) is 12.0. The molecule has 0 aliphatic carbocycles. The molecular weight excluding hydrogens is 515 g/mol. The summed E-state index contributed by atoms with van der Waals surface area (Å²) in [6, 6.07) is 0.635. The molecule has 1 aromatic rings. The SMILES string of the molecule is CCCC(C)C(=O)Nc1ccn(C2OC(COP(=O)(NC(C)C(=O)OC(C)C)OC(C)C)CC2C)c(=O)n1. The molecule has 1 saturated heterocycles. The van der Waals surface area contributed by atoms with Gasteiger partial charge in [0.25, 0.3) is 0 Å². The molecule has 1 aliphatic rings. The average molecular weight is 559 g/mol. The third kappa shape index (κ3) is 9.57. The van der Waals surface area contributed by atoms with Crippen molar-refractivity contribution in [2.24, 2.45) is 11.8 Å². The normalized spacial score (nSPS) is 22.7. The monoisotopic (exact) mass is 558 g/mol. The number of amides is 1. The van der Waals surface area contributed by atoms with Crippen LogP contribution in [0.4, 0.5) is 5.82 Å². The Morgan fingerprint density at radius 3 is 2.47 bits per heavy atom. The predicted molar refractivity (Wildman–Crippen MR) is 142 cm³/mol. The Kier molecular flexibility index (Phi) is 12.1. The summed E-state index contributed by atoms with van der Waals surface area (Å²) in [7, 11) is -3.89. The van der Waals surface area contributed by atoms with E-state index in [-0.39, 0.29) is 36.3 Å². The van der Waals surface area contributed by atoms with E-state index in [4.69, 9.17) is 18.5 Å². The van der Waals surface area contributed by atoms with Crippen LogP contribution in [0.1, 0.15) is 80.9 Å². The molecule has 0 spiro atoms. The first-order valence-corrected chi connectivity index (χ1v) is 14.8. The lowest BCUT2D eigenvalue weighted by atomic mass is 10.1. The van der Waals surface area contributed by atoms with Crippen LogP contribution in [-0.2, 0) is 32.7 Å². The summed E-state index contributed by atoms with van der Waals surface area (Å²) in [6.45, 7) is 14.0. The van der Waals surface area contributed by atoms with Gasteiger partial charge in [-0.2, -0.15) is 4.98 Å². The van der Waals surface area contributed by atoms with Crippen molar-refractivity contribution in [3.05, 3.63) is 22.7 Å². The van der Waals surface area contributed by atoms with Gasteiger partial charge in [-0.1, -0.05) is 27.2 Å². The fraction of sp³-hybridized carbons (Fsp3) is 0.760. The van der Waals surface area contributed by atoms with Crippen LogP contribution in [0.5, 0.6) is 0 Å². The molecule has 0 radical (unpaired) electrons. The summed E-state index contributed by atoms with van der Waals surface area (Å²) in [6.07, 6.45) is 1.82. The lowest BCUT2D eigenvalue weighted by Gasteiger charge is -2.25. The summed E-state index contributed by atoms with van der Waals surface area (Å²) in [5.74, 6) is -0.836. The second kappa shape index (κ2) is 14.3. The average Bonchev–Trinajstić information content (AvgIpc) is 3.17. The van der Waals surface area contributed by atoms with Gasteiger partial charge in [-0.25, -0.2) is 14.4 Å². The van der Waals surface area contributed by atoms with Gasteiger partial charge >= 0.3 is 19.4 Å². The number of esters is 1. The third-order valence-corrected chi connectivity index (χ3v) is 7.71. The van der Waals surface area contributed by atoms with Crippen molar-refractivity contribution in [1.29, 1.82) is 0 Å². The number of carbonyl (C=O) groups excluding carboxylic acids is 2. The van der Waals surface area contributed by atoms with Gasteiger partial charge in [0.05, 0.1) is 24.9 Å². The van der Waals surface area contributed by atoms with Crippen LogP contribution >= 0.6 is 7.75 Å². The van der Waals surface area contributed by atoms with Crippen molar-refractivity contribution in [2.75, 3.05) is 11.9 Å². The van der Waals surface area contributed by atoms with Crippen LogP contribution in [0.3, 0.4) is 0 Å². The molecule has 1 aromatic heterocycles. The first-order chi connectivity index (χ1) is 17.7. The Balaban J connectivity index is 2.04. The zero-order valence-corrected chi connectivity index (χ0v) is 24.5. The van der Waals surface area contributed by atoms with Crippen LogP contribution in [-0.4, -0.2) is 52.4 Å². The van der Waals surface area contributed by atoms with Crippen molar-refractivity contribution in [1.82, 2.24) is 14.6 Å². The first-order valence-electron chi connectivity index (χ1n) is 13.2. The molecule has 6 atom stereocenters. The van der Waals surface area contributed by atoms with Gasteiger partial charge in [-0.05, 0) is 53.5 Å². The summed E-state index contributed by atoms with van der Waals surface area (Å²) >= 11 is 0. The number of ether oxygens (including phenoxy) is 2. The van der Waals surface area contributed by atoms with Gasteiger partial charge in [0.15, 0.2) is 0 Å². The minimum atomic E-state index is -3.89. The number of nitrogens with one attached hydrogen (secondary N) is 2. The van der Waals surface area contributed by atoms with Gasteiger partial charge in [0, 0.05) is 18.0 Å². The Labute approximate surface area is 224 Å². The molecule has 2 rings (SSSR count). The Hall–Kier alpha value is -2.11. The smallest absolute Gasteiger partial charge is 0.406 e. The highest BCUT2D eigenvalue weighted by Crippen LogP contribution is 2.47. The third-order valence-electron chi connectivity index (χ3n) is 5.82. The van der Waals surface area contributed by atoms with E-state index in [1.54, 1.807) is 33.8 Å². The summed E-state index contributed by atoms with van der Waals surface area (Å²) in [4.78, 5) is 41.2. The molecule has 6 unspecified atom stereocenters. The van der Waals surface area contributed by atoms with Crippen molar-refractivity contribution in [3.63, 3.8) is 0 Å².